The van der Waals surface area contributed by atoms with Crippen LogP contribution < -0.4 is 5.32 Å². The molecule has 0 saturated heterocycles. The van der Waals surface area contributed by atoms with Gasteiger partial charge in [0.05, 0.1) is 5.69 Å². The first-order chi connectivity index (χ1) is 8.25. The van der Waals surface area contributed by atoms with Gasteiger partial charge in [-0.15, -0.1) is 0 Å². The van der Waals surface area contributed by atoms with Crippen molar-refractivity contribution < 1.29 is 0 Å². The fourth-order valence-electron chi connectivity index (χ4n) is 2.21. The van der Waals surface area contributed by atoms with Crippen molar-refractivity contribution in [2.24, 2.45) is 5.92 Å². The summed E-state index contributed by atoms with van der Waals surface area (Å²) in [6, 6.07) is 2.56. The van der Waals surface area contributed by atoms with E-state index in [4.69, 9.17) is 0 Å². The van der Waals surface area contributed by atoms with Gasteiger partial charge in [-0.1, -0.05) is 12.2 Å². The van der Waals surface area contributed by atoms with Crippen molar-refractivity contribution in [3.05, 3.63) is 30.1 Å². The van der Waals surface area contributed by atoms with Gasteiger partial charge in [-0.25, -0.2) is 0 Å². The van der Waals surface area contributed by atoms with E-state index in [1.807, 2.05) is 4.68 Å². The highest BCUT2D eigenvalue weighted by Gasteiger charge is 2.09. The van der Waals surface area contributed by atoms with Gasteiger partial charge < -0.3 is 5.32 Å². The number of hydrogen-bond acceptors (Lipinski definition) is 2. The maximum absolute atomic E-state index is 4.53. The fourth-order valence-corrected chi connectivity index (χ4v) is 2.21. The van der Waals surface area contributed by atoms with E-state index >= 15 is 0 Å². The third kappa shape index (κ3) is 3.70. The molecule has 1 unspecified atom stereocenters. The first-order valence-corrected chi connectivity index (χ1v) is 6.65. The summed E-state index contributed by atoms with van der Waals surface area (Å²) < 4.78 is 2.01. The molecule has 1 aliphatic carbocycles. The summed E-state index contributed by atoms with van der Waals surface area (Å²) >= 11 is 0. The molecule has 0 radical (unpaired) electrons. The predicted octanol–water partition coefficient (Wildman–Crippen LogP) is 2.91. The van der Waals surface area contributed by atoms with Gasteiger partial charge in [0.2, 0.25) is 0 Å². The Bertz CT molecular complexity index is 365. The van der Waals surface area contributed by atoms with Gasteiger partial charge in [-0.3, -0.25) is 4.68 Å². The topological polar surface area (TPSA) is 29.9 Å². The predicted molar refractivity (Wildman–Crippen MR) is 70.8 cm³/mol. The van der Waals surface area contributed by atoms with Crippen LogP contribution in [0.5, 0.6) is 0 Å². The molecule has 0 aliphatic heterocycles. The molecule has 2 rings (SSSR count). The van der Waals surface area contributed by atoms with Crippen LogP contribution in [-0.2, 0) is 6.54 Å². The number of hydrogen-bond donors (Lipinski definition) is 1. The van der Waals surface area contributed by atoms with Crippen LogP contribution in [0.25, 0.3) is 0 Å². The highest BCUT2D eigenvalue weighted by molar-refractivity contribution is 4.99. The average molecular weight is 233 g/mol. The second-order valence-corrected chi connectivity index (χ2v) is 5.16. The van der Waals surface area contributed by atoms with Crippen molar-refractivity contribution in [3.8, 4) is 0 Å². The van der Waals surface area contributed by atoms with Gasteiger partial charge in [0.1, 0.15) is 0 Å². The van der Waals surface area contributed by atoms with E-state index in [2.05, 4.69) is 48.7 Å². The highest BCUT2D eigenvalue weighted by Crippen LogP contribution is 2.17. The Hall–Kier alpha value is -1.09. The molecule has 0 fully saturated rings. The molecule has 1 aromatic heterocycles. The molecular formula is C14H23N3. The van der Waals surface area contributed by atoms with Crippen molar-refractivity contribution in [3.63, 3.8) is 0 Å². The second kappa shape index (κ2) is 6.01. The molecule has 1 N–H and O–H groups in total. The lowest BCUT2D eigenvalue weighted by atomic mass is 9.94. The molecular weight excluding hydrogens is 210 g/mol. The number of nitrogens with zero attached hydrogens (tertiary/aromatic N) is 2. The summed E-state index contributed by atoms with van der Waals surface area (Å²) in [5.41, 5.74) is 1.14. The van der Waals surface area contributed by atoms with E-state index in [1.165, 1.54) is 19.3 Å². The average Bonchev–Trinajstić information content (AvgIpc) is 2.79. The van der Waals surface area contributed by atoms with Crippen LogP contribution in [0.3, 0.4) is 0 Å². The Labute approximate surface area is 104 Å². The lowest BCUT2D eigenvalue weighted by Crippen LogP contribution is -2.23. The van der Waals surface area contributed by atoms with Crippen molar-refractivity contribution >= 4 is 0 Å². The van der Waals surface area contributed by atoms with Crippen molar-refractivity contribution in [2.45, 2.75) is 45.7 Å². The fraction of sp³-hybridized carbons (Fsp3) is 0.643. The van der Waals surface area contributed by atoms with Gasteiger partial charge in [0, 0.05) is 18.8 Å². The largest absolute Gasteiger partial charge is 0.311 e. The van der Waals surface area contributed by atoms with Crippen LogP contribution >= 0.6 is 0 Å². The van der Waals surface area contributed by atoms with Crippen molar-refractivity contribution in [2.75, 3.05) is 6.54 Å². The molecule has 3 nitrogen and oxygen atoms in total. The molecule has 1 aliphatic rings. The normalized spacial score (nSPS) is 20.1. The van der Waals surface area contributed by atoms with E-state index in [0.29, 0.717) is 6.04 Å². The van der Waals surface area contributed by atoms with E-state index in [0.717, 1.165) is 24.7 Å². The molecule has 0 aromatic carbocycles. The molecule has 0 saturated carbocycles. The zero-order valence-electron chi connectivity index (χ0n) is 10.9. The summed E-state index contributed by atoms with van der Waals surface area (Å²) in [6.45, 7) is 6.30. The van der Waals surface area contributed by atoms with Crippen molar-refractivity contribution in [1.29, 1.82) is 0 Å². The van der Waals surface area contributed by atoms with E-state index in [9.17, 15) is 0 Å². The Morgan fingerprint density at radius 3 is 3.00 bits per heavy atom. The van der Waals surface area contributed by atoms with E-state index < -0.39 is 0 Å². The third-order valence-corrected chi connectivity index (χ3v) is 3.31. The van der Waals surface area contributed by atoms with Crippen LogP contribution in [0.4, 0.5) is 0 Å². The van der Waals surface area contributed by atoms with E-state index in [1.54, 1.807) is 0 Å². The van der Waals surface area contributed by atoms with Crippen LogP contribution in [0.1, 0.15) is 44.8 Å². The molecule has 0 amide bonds. The van der Waals surface area contributed by atoms with Gasteiger partial charge in [-0.05, 0) is 51.6 Å². The molecule has 17 heavy (non-hydrogen) atoms. The van der Waals surface area contributed by atoms with Crippen LogP contribution in [0.2, 0.25) is 0 Å². The Morgan fingerprint density at radius 2 is 2.35 bits per heavy atom. The van der Waals surface area contributed by atoms with Crippen LogP contribution in [-0.4, -0.2) is 16.3 Å². The number of aromatic nitrogens is 2. The maximum atomic E-state index is 4.53. The van der Waals surface area contributed by atoms with Gasteiger partial charge in [0.25, 0.3) is 0 Å². The van der Waals surface area contributed by atoms with Crippen LogP contribution in [0.15, 0.2) is 24.4 Å². The Balaban J connectivity index is 1.72. The molecule has 94 valence electrons. The van der Waals surface area contributed by atoms with Crippen LogP contribution in [0, 0.1) is 5.92 Å². The highest BCUT2D eigenvalue weighted by atomic mass is 15.3. The summed E-state index contributed by atoms with van der Waals surface area (Å²) in [7, 11) is 0. The smallest absolute Gasteiger partial charge is 0.0762 e. The summed E-state index contributed by atoms with van der Waals surface area (Å²) in [5.74, 6) is 0.812. The lowest BCUT2D eigenvalue weighted by Gasteiger charge is -2.17. The number of allylic oxidation sites excluding steroid dienone is 2. The van der Waals surface area contributed by atoms with Gasteiger partial charge >= 0.3 is 0 Å². The molecule has 0 spiro atoms. The zero-order chi connectivity index (χ0) is 12.1. The van der Waals surface area contributed by atoms with Crippen molar-refractivity contribution in [1.82, 2.24) is 15.1 Å². The molecule has 3 heteroatoms. The standard InChI is InChI=1S/C14H23N3/c1-12(2)17-9-8-14(16-17)11-15-10-13-6-4-3-5-7-13/h3-4,8-9,12-13,15H,5-7,10-11H2,1-2H3. The monoisotopic (exact) mass is 233 g/mol. The minimum absolute atomic E-state index is 0.451. The van der Waals surface area contributed by atoms with E-state index in [-0.39, 0.29) is 0 Å². The SMILES string of the molecule is CC(C)n1ccc(CNCC2CC=CCC2)n1. The number of nitrogens with one attached hydrogen (secondary N) is 1. The first kappa shape index (κ1) is 12.4. The molecule has 1 aromatic rings. The lowest BCUT2D eigenvalue weighted by molar-refractivity contribution is 0.436. The molecule has 1 atom stereocenters. The van der Waals surface area contributed by atoms with Gasteiger partial charge in [0.15, 0.2) is 0 Å². The maximum Gasteiger partial charge on any atom is 0.0762 e. The summed E-state index contributed by atoms with van der Waals surface area (Å²) in [6.07, 6.45) is 10.5. The second-order valence-electron chi connectivity index (χ2n) is 5.16. The minimum atomic E-state index is 0.451. The molecule has 1 heterocycles. The number of rotatable bonds is 5. The summed E-state index contributed by atoms with van der Waals surface area (Å²) in [4.78, 5) is 0. The minimum Gasteiger partial charge on any atom is -0.311 e. The summed E-state index contributed by atoms with van der Waals surface area (Å²) in [5, 5.41) is 8.05. The first-order valence-electron chi connectivity index (χ1n) is 6.65. The Kier molecular flexibility index (Phi) is 4.37. The Morgan fingerprint density at radius 1 is 1.47 bits per heavy atom. The third-order valence-electron chi connectivity index (χ3n) is 3.31. The zero-order valence-corrected chi connectivity index (χ0v) is 10.9. The van der Waals surface area contributed by atoms with Gasteiger partial charge in [-0.2, -0.15) is 5.10 Å². The molecule has 0 bridgehead atoms. The quantitative estimate of drug-likeness (QED) is 0.792.